The Bertz CT molecular complexity index is 687. The summed E-state index contributed by atoms with van der Waals surface area (Å²) in [6.07, 6.45) is 6.03. The molecule has 4 nitrogen and oxygen atoms in total. The highest BCUT2D eigenvalue weighted by Crippen LogP contribution is 2.30. The van der Waals surface area contributed by atoms with Gasteiger partial charge < -0.3 is 10.2 Å². The van der Waals surface area contributed by atoms with Crippen LogP contribution in [0.25, 0.3) is 0 Å². The van der Waals surface area contributed by atoms with Crippen LogP contribution < -0.4 is 5.32 Å². The maximum atomic E-state index is 4.43. The summed E-state index contributed by atoms with van der Waals surface area (Å²) in [5.74, 6) is 2.30. The molecule has 1 N–H and O–H groups in total. The molecule has 0 atom stereocenters. The molecule has 0 amide bonds. The molecule has 23 heavy (non-hydrogen) atoms. The van der Waals surface area contributed by atoms with Crippen LogP contribution in [0.3, 0.4) is 0 Å². The van der Waals surface area contributed by atoms with Gasteiger partial charge in [-0.3, -0.25) is 0 Å². The number of nitrogens with one attached hydrogen (secondary N) is 1. The molecule has 1 aliphatic rings. The summed E-state index contributed by atoms with van der Waals surface area (Å²) >= 11 is 0. The van der Waals surface area contributed by atoms with E-state index in [9.17, 15) is 0 Å². The topological polar surface area (TPSA) is 41.1 Å². The van der Waals surface area contributed by atoms with Crippen LogP contribution in [0.1, 0.15) is 36.8 Å². The van der Waals surface area contributed by atoms with Gasteiger partial charge in [0.05, 0.1) is 0 Å². The van der Waals surface area contributed by atoms with E-state index in [1.807, 2.05) is 24.5 Å². The van der Waals surface area contributed by atoms with Crippen molar-refractivity contribution in [2.45, 2.75) is 32.6 Å². The number of nitrogens with zero attached hydrogens (tertiary/aromatic N) is 3. The van der Waals surface area contributed by atoms with E-state index in [-0.39, 0.29) is 0 Å². The van der Waals surface area contributed by atoms with Crippen molar-refractivity contribution in [3.63, 3.8) is 0 Å². The number of hydrogen-bond donors (Lipinski definition) is 1. The van der Waals surface area contributed by atoms with Crippen LogP contribution in [0.4, 0.5) is 11.6 Å². The molecule has 0 aliphatic carbocycles. The number of anilines is 2. The van der Waals surface area contributed by atoms with Gasteiger partial charge in [0.25, 0.3) is 0 Å². The predicted octanol–water partition coefficient (Wildman–Crippen LogP) is 4.24. The molecule has 0 spiro atoms. The number of pyridine rings is 2. The van der Waals surface area contributed by atoms with Gasteiger partial charge in [-0.2, -0.15) is 0 Å². The predicted molar refractivity (Wildman–Crippen MR) is 94.9 cm³/mol. The Morgan fingerprint density at radius 2 is 1.78 bits per heavy atom. The highest BCUT2D eigenvalue weighted by Gasteiger charge is 2.20. The fourth-order valence-electron chi connectivity index (χ4n) is 3.10. The molecule has 2 aromatic heterocycles. The molecule has 0 bridgehead atoms. The monoisotopic (exact) mass is 308 g/mol. The summed E-state index contributed by atoms with van der Waals surface area (Å²) in [5.41, 5.74) is 3.72. The molecule has 1 saturated heterocycles. The Morgan fingerprint density at radius 3 is 2.43 bits per heavy atom. The molecule has 2 aromatic rings. The molecular formula is C19H24N4. The van der Waals surface area contributed by atoms with Gasteiger partial charge in [-0.25, -0.2) is 9.97 Å². The number of aromatic nitrogens is 2. The molecule has 0 radical (unpaired) electrons. The van der Waals surface area contributed by atoms with Gasteiger partial charge >= 0.3 is 0 Å². The van der Waals surface area contributed by atoms with Gasteiger partial charge in [-0.15, -0.1) is 0 Å². The third-order valence-corrected chi connectivity index (χ3v) is 4.46. The van der Waals surface area contributed by atoms with E-state index in [0.29, 0.717) is 5.92 Å². The number of likely N-dealkylation sites (tertiary alicyclic amines) is 1. The molecule has 0 unspecified atom stereocenters. The highest BCUT2D eigenvalue weighted by atomic mass is 15.1. The minimum Gasteiger partial charge on any atom is -0.375 e. The van der Waals surface area contributed by atoms with Crippen LogP contribution >= 0.6 is 0 Å². The second-order valence-corrected chi connectivity index (χ2v) is 6.31. The van der Waals surface area contributed by atoms with Gasteiger partial charge in [-0.05, 0) is 68.0 Å². The average Bonchev–Trinajstić information content (AvgIpc) is 2.55. The quantitative estimate of drug-likeness (QED) is 0.917. The zero-order chi connectivity index (χ0) is 16.2. The third-order valence-electron chi connectivity index (χ3n) is 4.46. The van der Waals surface area contributed by atoms with E-state index in [2.05, 4.69) is 52.7 Å². The van der Waals surface area contributed by atoms with E-state index in [1.165, 1.54) is 29.7 Å². The summed E-state index contributed by atoms with van der Waals surface area (Å²) in [4.78, 5) is 11.1. The lowest BCUT2D eigenvalue weighted by Crippen LogP contribution is -2.31. The first-order valence-electron chi connectivity index (χ1n) is 8.18. The van der Waals surface area contributed by atoms with Crippen LogP contribution in [0.15, 0.2) is 48.9 Å². The van der Waals surface area contributed by atoms with Crippen molar-refractivity contribution in [1.82, 2.24) is 14.9 Å². The number of piperidine rings is 1. The van der Waals surface area contributed by atoms with Crippen molar-refractivity contribution in [1.29, 1.82) is 0 Å². The van der Waals surface area contributed by atoms with Gasteiger partial charge in [0.15, 0.2) is 0 Å². The largest absolute Gasteiger partial charge is 0.375 e. The second-order valence-electron chi connectivity index (χ2n) is 6.31. The van der Waals surface area contributed by atoms with Crippen LogP contribution in [0.5, 0.6) is 0 Å². The van der Waals surface area contributed by atoms with E-state index in [1.54, 1.807) is 0 Å². The van der Waals surface area contributed by atoms with Gasteiger partial charge in [0.1, 0.15) is 11.6 Å². The zero-order valence-corrected chi connectivity index (χ0v) is 13.9. The standard InChI is InChI=1S/C19H24N4/c1-14(2)23-10-6-16(7-11-23)17-5-9-21-19(13-17)22-18-12-15(3)4-8-20-18/h4-5,8-9,12-13,16H,1,6-7,10-11H2,2-3H3,(H,20,21,22). The van der Waals surface area contributed by atoms with Crippen LogP contribution in [0.2, 0.25) is 0 Å². The minimum atomic E-state index is 0.597. The number of hydrogen-bond acceptors (Lipinski definition) is 4. The average molecular weight is 308 g/mol. The molecule has 3 heterocycles. The van der Waals surface area contributed by atoms with E-state index in [4.69, 9.17) is 0 Å². The Hall–Kier alpha value is -2.36. The molecular weight excluding hydrogens is 284 g/mol. The van der Waals surface area contributed by atoms with Crippen molar-refractivity contribution in [3.8, 4) is 0 Å². The minimum absolute atomic E-state index is 0.597. The SMILES string of the molecule is C=C(C)N1CCC(c2ccnc(Nc3cc(C)ccn3)c2)CC1. The summed E-state index contributed by atoms with van der Waals surface area (Å²) < 4.78 is 0. The van der Waals surface area contributed by atoms with Crippen LogP contribution in [-0.4, -0.2) is 28.0 Å². The van der Waals surface area contributed by atoms with Crippen molar-refractivity contribution in [2.75, 3.05) is 18.4 Å². The number of aryl methyl sites for hydroxylation is 1. The molecule has 0 aromatic carbocycles. The summed E-state index contributed by atoms with van der Waals surface area (Å²) in [6, 6.07) is 8.31. The summed E-state index contributed by atoms with van der Waals surface area (Å²) in [5, 5.41) is 3.30. The fraction of sp³-hybridized carbons (Fsp3) is 0.368. The van der Waals surface area contributed by atoms with Crippen LogP contribution in [0, 0.1) is 6.92 Å². The Kier molecular flexibility index (Phi) is 4.60. The highest BCUT2D eigenvalue weighted by molar-refractivity contribution is 5.53. The van der Waals surface area contributed by atoms with Crippen molar-refractivity contribution >= 4 is 11.6 Å². The first kappa shape index (κ1) is 15.5. The zero-order valence-electron chi connectivity index (χ0n) is 13.9. The maximum Gasteiger partial charge on any atom is 0.131 e. The normalized spacial score (nSPS) is 15.5. The molecule has 3 rings (SSSR count). The van der Waals surface area contributed by atoms with Crippen molar-refractivity contribution in [3.05, 3.63) is 60.1 Å². The lowest BCUT2D eigenvalue weighted by Gasteiger charge is -2.34. The van der Waals surface area contributed by atoms with Gasteiger partial charge in [0, 0.05) is 31.2 Å². The molecule has 1 aliphatic heterocycles. The first-order chi connectivity index (χ1) is 11.1. The van der Waals surface area contributed by atoms with E-state index >= 15 is 0 Å². The van der Waals surface area contributed by atoms with Crippen molar-refractivity contribution < 1.29 is 0 Å². The third kappa shape index (κ3) is 3.89. The van der Waals surface area contributed by atoms with Gasteiger partial charge in [0.2, 0.25) is 0 Å². The van der Waals surface area contributed by atoms with E-state index < -0.39 is 0 Å². The summed E-state index contributed by atoms with van der Waals surface area (Å²) in [7, 11) is 0. The Labute approximate surface area is 138 Å². The number of allylic oxidation sites excluding steroid dienone is 1. The summed E-state index contributed by atoms with van der Waals surface area (Å²) in [6.45, 7) is 10.4. The lowest BCUT2D eigenvalue weighted by atomic mass is 9.90. The Balaban J connectivity index is 1.69. The van der Waals surface area contributed by atoms with E-state index in [0.717, 1.165) is 24.7 Å². The molecule has 0 saturated carbocycles. The van der Waals surface area contributed by atoms with Crippen LogP contribution in [-0.2, 0) is 0 Å². The Morgan fingerprint density at radius 1 is 1.13 bits per heavy atom. The molecule has 4 heteroatoms. The number of rotatable bonds is 4. The van der Waals surface area contributed by atoms with Crippen molar-refractivity contribution in [2.24, 2.45) is 0 Å². The van der Waals surface area contributed by atoms with Gasteiger partial charge in [-0.1, -0.05) is 6.58 Å². The molecule has 1 fully saturated rings. The second kappa shape index (κ2) is 6.82. The smallest absolute Gasteiger partial charge is 0.131 e. The first-order valence-corrected chi connectivity index (χ1v) is 8.18. The lowest BCUT2D eigenvalue weighted by molar-refractivity contribution is 0.264. The molecule has 120 valence electrons. The fourth-order valence-corrected chi connectivity index (χ4v) is 3.10. The maximum absolute atomic E-state index is 4.43.